The Bertz CT molecular complexity index is 340. The highest BCUT2D eigenvalue weighted by Gasteiger charge is 2.44. The summed E-state index contributed by atoms with van der Waals surface area (Å²) >= 11 is 4.18. The predicted molar refractivity (Wildman–Crippen MR) is 63.5 cm³/mol. The zero-order valence-electron chi connectivity index (χ0n) is 8.67. The first-order chi connectivity index (χ1) is 7.97. The Hall–Kier alpha value is -0.800. The van der Waals surface area contributed by atoms with Crippen LogP contribution >= 0.6 is 27.9 Å². The number of carboxylic acid groups (broad SMARTS) is 1. The van der Waals surface area contributed by atoms with E-state index in [0.717, 1.165) is 11.9 Å². The smallest absolute Gasteiger partial charge is 0.341 e. The first kappa shape index (κ1) is 14.3. The lowest BCUT2D eigenvalue weighted by Gasteiger charge is -2.42. The summed E-state index contributed by atoms with van der Waals surface area (Å²) in [5.74, 6) is -2.26. The molecule has 0 aromatic rings. The van der Waals surface area contributed by atoms with Crippen molar-refractivity contribution in [3.05, 3.63) is 0 Å². The number of ether oxygens (including phenoxy) is 1. The van der Waals surface area contributed by atoms with E-state index in [1.165, 1.54) is 4.31 Å². The number of rotatable bonds is 6. The molecule has 0 bridgehead atoms. The summed E-state index contributed by atoms with van der Waals surface area (Å²) in [5.41, 5.74) is 5.54. The van der Waals surface area contributed by atoms with Crippen molar-refractivity contribution in [3.8, 4) is 0 Å². The molecule has 0 spiro atoms. The van der Waals surface area contributed by atoms with Gasteiger partial charge in [0.2, 0.25) is 0 Å². The summed E-state index contributed by atoms with van der Waals surface area (Å²) in [4.78, 5) is 32.5. The molecule has 2 atom stereocenters. The number of hydrogen-bond donors (Lipinski definition) is 2. The molecular weight excluding hydrogens is 316 g/mol. The van der Waals surface area contributed by atoms with Gasteiger partial charge in [-0.3, -0.25) is 13.9 Å². The molecule has 1 fully saturated rings. The van der Waals surface area contributed by atoms with Crippen LogP contribution in [0.1, 0.15) is 0 Å². The molecule has 7 nitrogen and oxygen atoms in total. The maximum atomic E-state index is 11.3. The molecule has 3 N–H and O–H groups in total. The SMILES string of the molecule is NC1C(=O)N(SCC(=O)OCC(=O)O)C1CBr. The minimum Gasteiger partial charge on any atom is -0.479 e. The fraction of sp³-hybridized carbons (Fsp3) is 0.625. The summed E-state index contributed by atoms with van der Waals surface area (Å²) in [5, 5.41) is 8.81. The molecule has 1 saturated heterocycles. The minimum atomic E-state index is -1.22. The molecule has 0 saturated carbocycles. The van der Waals surface area contributed by atoms with E-state index in [1.807, 2.05) is 0 Å². The molecule has 9 heteroatoms. The molecule has 0 radical (unpaired) electrons. The van der Waals surface area contributed by atoms with Crippen LogP contribution < -0.4 is 5.73 Å². The maximum Gasteiger partial charge on any atom is 0.341 e. The van der Waals surface area contributed by atoms with E-state index in [0.29, 0.717) is 5.33 Å². The number of aliphatic carboxylic acids is 1. The highest BCUT2D eigenvalue weighted by Crippen LogP contribution is 2.28. The first-order valence-corrected chi connectivity index (χ1v) is 6.68. The van der Waals surface area contributed by atoms with E-state index in [9.17, 15) is 14.4 Å². The number of esters is 1. The summed E-state index contributed by atoms with van der Waals surface area (Å²) < 4.78 is 5.80. The molecule has 0 aromatic carbocycles. The van der Waals surface area contributed by atoms with Crippen molar-refractivity contribution in [2.75, 3.05) is 17.7 Å². The average Bonchev–Trinajstić information content (AvgIpc) is 2.30. The Balaban J connectivity index is 2.29. The summed E-state index contributed by atoms with van der Waals surface area (Å²) in [7, 11) is 0. The topological polar surface area (TPSA) is 110 Å². The monoisotopic (exact) mass is 326 g/mol. The van der Waals surface area contributed by atoms with Gasteiger partial charge < -0.3 is 15.6 Å². The van der Waals surface area contributed by atoms with E-state index in [1.54, 1.807) is 0 Å². The number of β-lactam (4-membered cyclic amide) rings is 1. The number of alkyl halides is 1. The zero-order valence-corrected chi connectivity index (χ0v) is 11.1. The fourth-order valence-corrected chi connectivity index (χ4v) is 3.02. The zero-order chi connectivity index (χ0) is 13.0. The number of carbonyl (C=O) groups is 3. The molecule has 17 heavy (non-hydrogen) atoms. The summed E-state index contributed by atoms with van der Waals surface area (Å²) in [6.45, 7) is -0.672. The Morgan fingerprint density at radius 2 is 2.24 bits per heavy atom. The number of nitrogens with zero attached hydrogens (tertiary/aromatic N) is 1. The van der Waals surface area contributed by atoms with E-state index in [-0.39, 0.29) is 17.7 Å². The molecule has 1 rings (SSSR count). The Morgan fingerprint density at radius 3 is 2.76 bits per heavy atom. The number of amides is 1. The van der Waals surface area contributed by atoms with Crippen molar-refractivity contribution >= 4 is 45.7 Å². The van der Waals surface area contributed by atoms with Crippen LogP contribution in [0, 0.1) is 0 Å². The molecule has 0 aliphatic carbocycles. The number of carboxylic acids is 1. The van der Waals surface area contributed by atoms with Gasteiger partial charge in [-0.2, -0.15) is 0 Å². The normalized spacial score (nSPS) is 23.2. The molecule has 0 aromatic heterocycles. The first-order valence-electron chi connectivity index (χ1n) is 4.62. The van der Waals surface area contributed by atoms with Gasteiger partial charge >= 0.3 is 11.9 Å². The van der Waals surface area contributed by atoms with Gasteiger partial charge in [-0.05, 0) is 11.9 Å². The highest BCUT2D eigenvalue weighted by atomic mass is 79.9. The van der Waals surface area contributed by atoms with Gasteiger partial charge in [0.1, 0.15) is 11.8 Å². The highest BCUT2D eigenvalue weighted by molar-refractivity contribution is 9.09. The second kappa shape index (κ2) is 6.22. The molecule has 1 aliphatic rings. The van der Waals surface area contributed by atoms with Crippen LogP contribution in [0.15, 0.2) is 0 Å². The summed E-state index contributed by atoms with van der Waals surface area (Å²) in [6.07, 6.45) is 0. The second-order valence-electron chi connectivity index (χ2n) is 3.24. The van der Waals surface area contributed by atoms with Crippen molar-refractivity contribution < 1.29 is 24.2 Å². The lowest BCUT2D eigenvalue weighted by atomic mass is 10.0. The second-order valence-corrected chi connectivity index (χ2v) is 4.83. The fourth-order valence-electron chi connectivity index (χ4n) is 1.16. The Labute approximate surface area is 110 Å². The van der Waals surface area contributed by atoms with Crippen LogP contribution in [0.25, 0.3) is 0 Å². The third-order valence-corrected chi connectivity index (χ3v) is 3.81. The van der Waals surface area contributed by atoms with Gasteiger partial charge in [0.05, 0.1) is 6.04 Å². The largest absolute Gasteiger partial charge is 0.479 e. The molecule has 1 aliphatic heterocycles. The molecule has 1 heterocycles. The Morgan fingerprint density at radius 1 is 1.59 bits per heavy atom. The van der Waals surface area contributed by atoms with Gasteiger partial charge in [-0.25, -0.2) is 4.79 Å². The predicted octanol–water partition coefficient (Wildman–Crippen LogP) is -0.805. The van der Waals surface area contributed by atoms with Crippen LogP contribution in [0.5, 0.6) is 0 Å². The van der Waals surface area contributed by atoms with Crippen LogP contribution in [0.4, 0.5) is 0 Å². The van der Waals surface area contributed by atoms with Crippen molar-refractivity contribution in [2.24, 2.45) is 5.73 Å². The van der Waals surface area contributed by atoms with Crippen LogP contribution in [-0.4, -0.2) is 57.0 Å². The molecule has 96 valence electrons. The van der Waals surface area contributed by atoms with Crippen molar-refractivity contribution in [3.63, 3.8) is 0 Å². The van der Waals surface area contributed by atoms with Crippen molar-refractivity contribution in [1.82, 2.24) is 4.31 Å². The van der Waals surface area contributed by atoms with E-state index in [2.05, 4.69) is 20.7 Å². The van der Waals surface area contributed by atoms with Crippen LogP contribution in [0.2, 0.25) is 0 Å². The third kappa shape index (κ3) is 3.58. The lowest BCUT2D eigenvalue weighted by molar-refractivity contribution is -0.153. The molecule has 2 unspecified atom stereocenters. The number of carbonyl (C=O) groups excluding carboxylic acids is 2. The van der Waals surface area contributed by atoms with E-state index in [4.69, 9.17) is 10.8 Å². The van der Waals surface area contributed by atoms with Crippen molar-refractivity contribution in [1.29, 1.82) is 0 Å². The number of halogens is 1. The maximum absolute atomic E-state index is 11.3. The van der Waals surface area contributed by atoms with E-state index < -0.39 is 24.6 Å². The minimum absolute atomic E-state index is 0.116. The summed E-state index contributed by atoms with van der Waals surface area (Å²) in [6, 6.07) is -0.698. The van der Waals surface area contributed by atoms with Crippen molar-refractivity contribution in [2.45, 2.75) is 12.1 Å². The number of hydrogen-bond acceptors (Lipinski definition) is 6. The standard InChI is InChI=1S/C8H11BrN2O5S/c9-1-4-7(10)8(15)11(4)17-3-6(14)16-2-5(12)13/h4,7H,1-3,10H2,(H,12,13). The van der Waals surface area contributed by atoms with E-state index >= 15 is 0 Å². The molecule has 1 amide bonds. The van der Waals surface area contributed by atoms with Crippen LogP contribution in [0.3, 0.4) is 0 Å². The lowest BCUT2D eigenvalue weighted by Crippen LogP contribution is -2.66. The number of nitrogens with two attached hydrogens (primary N) is 1. The van der Waals surface area contributed by atoms with Gasteiger partial charge in [-0.1, -0.05) is 15.9 Å². The average molecular weight is 327 g/mol. The van der Waals surface area contributed by atoms with Gasteiger partial charge in [-0.15, -0.1) is 0 Å². The molecular formula is C8H11BrN2O5S. The third-order valence-electron chi connectivity index (χ3n) is 2.05. The van der Waals surface area contributed by atoms with Crippen LogP contribution in [-0.2, 0) is 19.1 Å². The quantitative estimate of drug-likeness (QED) is 0.284. The Kier molecular flexibility index (Phi) is 5.22. The van der Waals surface area contributed by atoms with Gasteiger partial charge in [0.25, 0.3) is 5.91 Å². The van der Waals surface area contributed by atoms with Gasteiger partial charge in [0, 0.05) is 5.33 Å². The van der Waals surface area contributed by atoms with Gasteiger partial charge in [0.15, 0.2) is 6.61 Å².